The van der Waals surface area contributed by atoms with E-state index in [9.17, 15) is 4.79 Å². The molecule has 2 aliphatic rings. The van der Waals surface area contributed by atoms with Crippen LogP contribution in [0.3, 0.4) is 0 Å². The molecule has 0 aliphatic heterocycles. The molecule has 2 aliphatic carbocycles. The summed E-state index contributed by atoms with van der Waals surface area (Å²) >= 11 is 0. The minimum atomic E-state index is 0.477. The van der Waals surface area contributed by atoms with E-state index in [4.69, 9.17) is 0 Å². The SMILES string of the molecule is O=CCCCC1C=CC=C2C/C=C\C=CCC2=C1. The average molecular weight is 240 g/mol. The second-order valence-corrected chi connectivity index (χ2v) is 4.79. The molecule has 0 heterocycles. The molecule has 0 N–H and O–H groups in total. The van der Waals surface area contributed by atoms with E-state index >= 15 is 0 Å². The van der Waals surface area contributed by atoms with Crippen LogP contribution in [-0.4, -0.2) is 6.29 Å². The number of hydrogen-bond donors (Lipinski definition) is 0. The van der Waals surface area contributed by atoms with E-state index in [2.05, 4.69) is 48.6 Å². The Morgan fingerprint density at radius 3 is 2.67 bits per heavy atom. The summed E-state index contributed by atoms with van der Waals surface area (Å²) in [4.78, 5) is 10.4. The van der Waals surface area contributed by atoms with Crippen molar-refractivity contribution in [1.82, 2.24) is 0 Å². The fourth-order valence-electron chi connectivity index (χ4n) is 2.40. The van der Waals surface area contributed by atoms with Gasteiger partial charge in [0.1, 0.15) is 6.29 Å². The Morgan fingerprint density at radius 2 is 1.89 bits per heavy atom. The predicted molar refractivity (Wildman–Crippen MR) is 76.2 cm³/mol. The molecule has 0 aromatic heterocycles. The highest BCUT2D eigenvalue weighted by Gasteiger charge is 2.10. The van der Waals surface area contributed by atoms with Crippen molar-refractivity contribution in [3.63, 3.8) is 0 Å². The van der Waals surface area contributed by atoms with Gasteiger partial charge in [0.15, 0.2) is 0 Å². The third-order valence-corrected chi connectivity index (χ3v) is 3.40. The lowest BCUT2D eigenvalue weighted by molar-refractivity contribution is -0.107. The molecule has 18 heavy (non-hydrogen) atoms. The Labute approximate surface area is 109 Å². The number of rotatable bonds is 4. The van der Waals surface area contributed by atoms with Gasteiger partial charge in [-0.3, -0.25) is 0 Å². The Bertz CT molecular complexity index is 433. The quantitative estimate of drug-likeness (QED) is 0.529. The first-order chi connectivity index (χ1) is 8.90. The first-order valence-electron chi connectivity index (χ1n) is 6.74. The highest BCUT2D eigenvalue weighted by Crippen LogP contribution is 2.27. The second kappa shape index (κ2) is 6.95. The van der Waals surface area contributed by atoms with E-state index in [-0.39, 0.29) is 0 Å². The van der Waals surface area contributed by atoms with Crippen LogP contribution < -0.4 is 0 Å². The van der Waals surface area contributed by atoms with Gasteiger partial charge in [-0.15, -0.1) is 0 Å². The molecule has 0 saturated carbocycles. The van der Waals surface area contributed by atoms with Crippen LogP contribution >= 0.6 is 0 Å². The maximum Gasteiger partial charge on any atom is 0.119 e. The molecule has 0 radical (unpaired) electrons. The van der Waals surface area contributed by atoms with Gasteiger partial charge in [0.25, 0.3) is 0 Å². The first kappa shape index (κ1) is 12.8. The van der Waals surface area contributed by atoms with Crippen molar-refractivity contribution in [2.45, 2.75) is 32.1 Å². The maximum atomic E-state index is 10.4. The zero-order valence-electron chi connectivity index (χ0n) is 10.7. The molecule has 1 unspecified atom stereocenters. The van der Waals surface area contributed by atoms with Crippen molar-refractivity contribution in [2.75, 3.05) is 0 Å². The van der Waals surface area contributed by atoms with Crippen LogP contribution in [-0.2, 0) is 4.79 Å². The van der Waals surface area contributed by atoms with Crippen LogP contribution in [0.4, 0.5) is 0 Å². The number of fused-ring (bicyclic) bond motifs is 1. The molecule has 0 saturated heterocycles. The van der Waals surface area contributed by atoms with E-state index in [0.717, 1.165) is 32.0 Å². The van der Waals surface area contributed by atoms with Gasteiger partial charge in [-0.05, 0) is 42.7 Å². The zero-order chi connectivity index (χ0) is 12.6. The molecule has 2 rings (SSSR count). The third-order valence-electron chi connectivity index (χ3n) is 3.40. The number of carbonyl (C=O) groups is 1. The van der Waals surface area contributed by atoms with Gasteiger partial charge in [0.05, 0.1) is 0 Å². The number of allylic oxidation sites excluding steroid dienone is 10. The van der Waals surface area contributed by atoms with Gasteiger partial charge < -0.3 is 4.79 Å². The van der Waals surface area contributed by atoms with Crippen molar-refractivity contribution in [3.05, 3.63) is 59.8 Å². The van der Waals surface area contributed by atoms with Gasteiger partial charge >= 0.3 is 0 Å². The van der Waals surface area contributed by atoms with E-state index in [1.54, 1.807) is 0 Å². The van der Waals surface area contributed by atoms with E-state index in [1.165, 1.54) is 11.1 Å². The average Bonchev–Trinajstić information content (AvgIpc) is 2.52. The third kappa shape index (κ3) is 3.69. The molecular formula is C17H20O. The largest absolute Gasteiger partial charge is 0.303 e. The van der Waals surface area contributed by atoms with Crippen molar-refractivity contribution >= 4 is 6.29 Å². The van der Waals surface area contributed by atoms with Crippen LogP contribution in [0.15, 0.2) is 59.8 Å². The van der Waals surface area contributed by atoms with Gasteiger partial charge in [-0.25, -0.2) is 0 Å². The standard InChI is InChI=1S/C17H20O/c18-13-6-5-8-15-9-7-12-16-10-3-1-2-4-11-17(16)14-15/h1-4,7,9,12-15H,5-6,8,10-11H2/b3-1-,4-2?. The lowest BCUT2D eigenvalue weighted by atomic mass is 9.93. The summed E-state index contributed by atoms with van der Waals surface area (Å²) in [6.45, 7) is 0. The number of hydrogen-bond acceptors (Lipinski definition) is 1. The predicted octanol–water partition coefficient (Wildman–Crippen LogP) is 4.30. The Kier molecular flexibility index (Phi) is 4.95. The Morgan fingerprint density at radius 1 is 1.11 bits per heavy atom. The number of aldehydes is 1. The molecule has 1 atom stereocenters. The van der Waals surface area contributed by atoms with E-state index < -0.39 is 0 Å². The molecule has 0 bridgehead atoms. The summed E-state index contributed by atoms with van der Waals surface area (Å²) in [7, 11) is 0. The lowest BCUT2D eigenvalue weighted by Crippen LogP contribution is -1.96. The minimum absolute atomic E-state index is 0.477. The molecule has 0 fully saturated rings. The van der Waals surface area contributed by atoms with Crippen molar-refractivity contribution < 1.29 is 4.79 Å². The van der Waals surface area contributed by atoms with E-state index in [0.29, 0.717) is 12.3 Å². The number of carbonyl (C=O) groups excluding carboxylic acids is 1. The van der Waals surface area contributed by atoms with Crippen LogP contribution in [0.2, 0.25) is 0 Å². The van der Waals surface area contributed by atoms with Crippen molar-refractivity contribution in [1.29, 1.82) is 0 Å². The summed E-state index contributed by atoms with van der Waals surface area (Å²) in [6, 6.07) is 0. The zero-order valence-corrected chi connectivity index (χ0v) is 10.7. The second-order valence-electron chi connectivity index (χ2n) is 4.79. The molecule has 0 amide bonds. The summed E-state index contributed by atoms with van der Waals surface area (Å²) < 4.78 is 0. The highest BCUT2D eigenvalue weighted by molar-refractivity contribution is 5.49. The first-order valence-corrected chi connectivity index (χ1v) is 6.74. The Hall–Kier alpha value is -1.63. The van der Waals surface area contributed by atoms with E-state index in [1.807, 2.05) is 0 Å². The summed E-state index contributed by atoms with van der Waals surface area (Å²) in [5, 5.41) is 0. The summed E-state index contributed by atoms with van der Waals surface area (Å²) in [5.74, 6) is 0.477. The van der Waals surface area contributed by atoms with Gasteiger partial charge in [0, 0.05) is 6.42 Å². The molecule has 94 valence electrons. The maximum absolute atomic E-state index is 10.4. The van der Waals surface area contributed by atoms with Gasteiger partial charge in [-0.1, -0.05) is 48.6 Å². The smallest absolute Gasteiger partial charge is 0.119 e. The molecular weight excluding hydrogens is 220 g/mol. The minimum Gasteiger partial charge on any atom is -0.303 e. The molecule has 0 aromatic carbocycles. The molecule has 0 aromatic rings. The number of unbranched alkanes of at least 4 members (excludes halogenated alkanes) is 1. The van der Waals surface area contributed by atoms with Gasteiger partial charge in [-0.2, -0.15) is 0 Å². The monoisotopic (exact) mass is 240 g/mol. The summed E-state index contributed by atoms with van der Waals surface area (Å²) in [5.41, 5.74) is 2.86. The Balaban J connectivity index is 2.08. The lowest BCUT2D eigenvalue weighted by Gasteiger charge is -2.12. The summed E-state index contributed by atoms with van der Waals surface area (Å²) in [6.07, 6.45) is 23.5. The fourth-order valence-corrected chi connectivity index (χ4v) is 2.40. The van der Waals surface area contributed by atoms with Crippen molar-refractivity contribution in [2.24, 2.45) is 5.92 Å². The van der Waals surface area contributed by atoms with Gasteiger partial charge in [0.2, 0.25) is 0 Å². The molecule has 1 heteroatoms. The topological polar surface area (TPSA) is 17.1 Å². The fraction of sp³-hybridized carbons (Fsp3) is 0.353. The van der Waals surface area contributed by atoms with Crippen LogP contribution in [0.25, 0.3) is 0 Å². The van der Waals surface area contributed by atoms with Crippen LogP contribution in [0.1, 0.15) is 32.1 Å². The molecule has 1 nitrogen and oxygen atoms in total. The molecule has 0 spiro atoms. The van der Waals surface area contributed by atoms with Crippen LogP contribution in [0, 0.1) is 5.92 Å². The highest BCUT2D eigenvalue weighted by atomic mass is 16.1. The van der Waals surface area contributed by atoms with Crippen LogP contribution in [0.5, 0.6) is 0 Å². The normalized spacial score (nSPS) is 24.1. The van der Waals surface area contributed by atoms with Crippen molar-refractivity contribution in [3.8, 4) is 0 Å².